The Morgan fingerprint density at radius 3 is 2.41 bits per heavy atom. The van der Waals surface area contributed by atoms with Crippen molar-refractivity contribution in [1.82, 2.24) is 4.98 Å². The minimum Gasteiger partial charge on any atom is -0.256 e. The van der Waals surface area contributed by atoms with E-state index in [9.17, 15) is 5.26 Å². The summed E-state index contributed by atoms with van der Waals surface area (Å²) in [5.74, 6) is 1.19. The summed E-state index contributed by atoms with van der Waals surface area (Å²) in [5, 5.41) is 17.5. The van der Waals surface area contributed by atoms with Gasteiger partial charge in [-0.2, -0.15) is 5.26 Å². The van der Waals surface area contributed by atoms with Gasteiger partial charge in [0.2, 0.25) is 0 Å². The standard InChI is InChI=1S/C36H36N2S/c1-21(2)14-23-10-11-27-26(16-23)17-30-34-33-28(12-13-38-34)32-24(8-7-9-25(32)19-36(5,6)20-37)18-31(33)39-35(30)29(27)15-22(3)4/h7-13,16-18,21-22H,14-15,19H2,1-6H3. The van der Waals surface area contributed by atoms with Crippen molar-refractivity contribution in [2.75, 3.05) is 0 Å². The van der Waals surface area contributed by atoms with Crippen molar-refractivity contribution in [1.29, 1.82) is 5.26 Å². The van der Waals surface area contributed by atoms with Crippen molar-refractivity contribution in [2.24, 2.45) is 17.3 Å². The van der Waals surface area contributed by atoms with Gasteiger partial charge in [-0.25, -0.2) is 0 Å². The zero-order valence-electron chi connectivity index (χ0n) is 23.9. The first kappa shape index (κ1) is 25.9. The largest absolute Gasteiger partial charge is 0.256 e. The zero-order valence-corrected chi connectivity index (χ0v) is 24.7. The molecule has 0 amide bonds. The van der Waals surface area contributed by atoms with E-state index >= 15 is 0 Å². The number of fused-ring (bicyclic) bond motifs is 5. The van der Waals surface area contributed by atoms with Gasteiger partial charge in [0.25, 0.3) is 0 Å². The fourth-order valence-corrected chi connectivity index (χ4v) is 7.57. The van der Waals surface area contributed by atoms with Gasteiger partial charge in [0.15, 0.2) is 0 Å². The minimum absolute atomic E-state index is 0.425. The van der Waals surface area contributed by atoms with Crippen LogP contribution in [0.1, 0.15) is 58.2 Å². The van der Waals surface area contributed by atoms with Crippen LogP contribution in [0.5, 0.6) is 0 Å². The quantitative estimate of drug-likeness (QED) is 0.202. The molecular weight excluding hydrogens is 492 g/mol. The summed E-state index contributed by atoms with van der Waals surface area (Å²) in [5.41, 5.74) is 6.01. The molecule has 0 unspecified atom stereocenters. The normalized spacial score (nSPS) is 13.0. The number of rotatable bonds is 6. The third-order valence-corrected chi connectivity index (χ3v) is 9.07. The highest BCUT2D eigenvalue weighted by molar-refractivity contribution is 8.00. The Morgan fingerprint density at radius 2 is 1.67 bits per heavy atom. The van der Waals surface area contributed by atoms with Crippen LogP contribution >= 0.6 is 11.8 Å². The number of pyridine rings is 1. The maximum atomic E-state index is 9.76. The molecule has 196 valence electrons. The van der Waals surface area contributed by atoms with Gasteiger partial charge in [0, 0.05) is 26.9 Å². The van der Waals surface area contributed by atoms with E-state index in [4.69, 9.17) is 4.98 Å². The maximum absolute atomic E-state index is 9.76. The second kappa shape index (κ2) is 9.68. The highest BCUT2D eigenvalue weighted by Crippen LogP contribution is 2.52. The molecule has 2 heterocycles. The molecule has 5 aromatic rings. The SMILES string of the molecule is CC(C)Cc1ccc2c(CC(C)C)c3c(cc2c1)-c1nccc2c1c(cc1cccc(CC(C)(C)C#N)c12)S3. The molecule has 1 aromatic heterocycles. The van der Waals surface area contributed by atoms with Crippen LogP contribution in [0.4, 0.5) is 0 Å². The van der Waals surface area contributed by atoms with Gasteiger partial charge < -0.3 is 0 Å². The topological polar surface area (TPSA) is 36.7 Å². The van der Waals surface area contributed by atoms with Crippen LogP contribution in [0.15, 0.2) is 70.6 Å². The lowest BCUT2D eigenvalue weighted by molar-refractivity contribution is 0.495. The number of nitriles is 1. The van der Waals surface area contributed by atoms with Gasteiger partial charge in [-0.05, 0) is 107 Å². The summed E-state index contributed by atoms with van der Waals surface area (Å²) < 4.78 is 0. The molecule has 1 aliphatic rings. The van der Waals surface area contributed by atoms with Crippen LogP contribution in [0.25, 0.3) is 43.6 Å². The molecular formula is C36H36N2S. The van der Waals surface area contributed by atoms with E-state index in [0.717, 1.165) is 25.0 Å². The Labute approximate surface area is 236 Å². The lowest BCUT2D eigenvalue weighted by Gasteiger charge is -2.26. The van der Waals surface area contributed by atoms with Crippen molar-refractivity contribution in [3.8, 4) is 17.3 Å². The van der Waals surface area contributed by atoms with Crippen LogP contribution < -0.4 is 0 Å². The van der Waals surface area contributed by atoms with E-state index in [0.29, 0.717) is 11.8 Å². The van der Waals surface area contributed by atoms with E-state index < -0.39 is 5.41 Å². The van der Waals surface area contributed by atoms with Crippen LogP contribution in [-0.2, 0) is 19.3 Å². The fourth-order valence-electron chi connectivity index (χ4n) is 6.27. The van der Waals surface area contributed by atoms with Crippen LogP contribution in [0.3, 0.4) is 0 Å². The summed E-state index contributed by atoms with van der Waals surface area (Å²) in [4.78, 5) is 7.68. The summed E-state index contributed by atoms with van der Waals surface area (Å²) in [6.45, 7) is 13.3. The predicted octanol–water partition coefficient (Wildman–Crippen LogP) is 10.2. The van der Waals surface area contributed by atoms with Gasteiger partial charge >= 0.3 is 0 Å². The van der Waals surface area contributed by atoms with Crippen molar-refractivity contribution in [3.05, 3.63) is 77.5 Å². The smallest absolute Gasteiger partial charge is 0.0803 e. The molecule has 0 saturated carbocycles. The number of nitrogens with zero attached hydrogens (tertiary/aromatic N) is 2. The molecule has 0 radical (unpaired) electrons. The second-order valence-electron chi connectivity index (χ2n) is 12.7. The molecule has 4 aromatic carbocycles. The van der Waals surface area contributed by atoms with E-state index in [-0.39, 0.29) is 0 Å². The molecule has 1 aliphatic heterocycles. The van der Waals surface area contributed by atoms with Crippen molar-refractivity contribution >= 4 is 44.1 Å². The molecule has 0 atom stereocenters. The van der Waals surface area contributed by atoms with Gasteiger partial charge in [-0.15, -0.1) is 0 Å². The summed E-state index contributed by atoms with van der Waals surface area (Å²) >= 11 is 1.92. The van der Waals surface area contributed by atoms with E-state index in [1.54, 1.807) is 0 Å². The van der Waals surface area contributed by atoms with Gasteiger partial charge in [0.1, 0.15) is 0 Å². The highest BCUT2D eigenvalue weighted by atomic mass is 32.2. The molecule has 0 N–H and O–H groups in total. The molecule has 2 nitrogen and oxygen atoms in total. The first-order valence-electron chi connectivity index (χ1n) is 14.2. The third-order valence-electron chi connectivity index (χ3n) is 7.85. The first-order valence-corrected chi connectivity index (χ1v) is 15.0. The van der Waals surface area contributed by atoms with E-state index in [2.05, 4.69) is 88.4 Å². The Morgan fingerprint density at radius 1 is 0.872 bits per heavy atom. The number of benzene rings is 4. The highest BCUT2D eigenvalue weighted by Gasteiger charge is 2.27. The first-order chi connectivity index (χ1) is 18.6. The molecule has 6 rings (SSSR count). The molecule has 0 spiro atoms. The molecule has 0 bridgehead atoms. The summed E-state index contributed by atoms with van der Waals surface area (Å²) in [6, 6.07) is 23.1. The van der Waals surface area contributed by atoms with Crippen molar-refractivity contribution in [2.45, 2.75) is 70.6 Å². The lowest BCUT2D eigenvalue weighted by atomic mass is 9.84. The predicted molar refractivity (Wildman–Crippen MR) is 166 cm³/mol. The Bertz CT molecular complexity index is 1800. The fraction of sp³-hybridized carbons (Fsp3) is 0.333. The second-order valence-corrected chi connectivity index (χ2v) is 13.8. The Balaban J connectivity index is 1.65. The van der Waals surface area contributed by atoms with Gasteiger partial charge in [0.05, 0.1) is 17.2 Å². The number of aromatic nitrogens is 1. The zero-order chi connectivity index (χ0) is 27.5. The Hall–Kier alpha value is -3.35. The molecule has 0 aliphatic carbocycles. The Kier molecular flexibility index (Phi) is 6.43. The maximum Gasteiger partial charge on any atom is 0.0803 e. The van der Waals surface area contributed by atoms with Crippen LogP contribution in [-0.4, -0.2) is 4.98 Å². The molecule has 0 saturated heterocycles. The molecule has 39 heavy (non-hydrogen) atoms. The van der Waals surface area contributed by atoms with Crippen LogP contribution in [0.2, 0.25) is 0 Å². The van der Waals surface area contributed by atoms with E-state index in [1.165, 1.54) is 64.4 Å². The summed E-state index contributed by atoms with van der Waals surface area (Å²) in [6.07, 6.45) is 4.83. The van der Waals surface area contributed by atoms with Crippen molar-refractivity contribution in [3.63, 3.8) is 0 Å². The average Bonchev–Trinajstić information content (AvgIpc) is 2.88. The van der Waals surface area contributed by atoms with Crippen LogP contribution in [0, 0.1) is 28.6 Å². The lowest BCUT2D eigenvalue weighted by Crippen LogP contribution is -2.12. The summed E-state index contributed by atoms with van der Waals surface area (Å²) in [7, 11) is 0. The molecule has 3 heteroatoms. The minimum atomic E-state index is -0.425. The van der Waals surface area contributed by atoms with Gasteiger partial charge in [-0.1, -0.05) is 75.9 Å². The van der Waals surface area contributed by atoms with E-state index in [1.807, 2.05) is 31.8 Å². The van der Waals surface area contributed by atoms with Crippen molar-refractivity contribution < 1.29 is 0 Å². The molecule has 0 fully saturated rings. The van der Waals surface area contributed by atoms with Gasteiger partial charge in [-0.3, -0.25) is 4.98 Å². The average molecular weight is 529 g/mol. The number of hydrogen-bond acceptors (Lipinski definition) is 3. The monoisotopic (exact) mass is 528 g/mol. The third kappa shape index (κ3) is 4.60. The number of hydrogen-bond donors (Lipinski definition) is 0.